The van der Waals surface area contributed by atoms with Crippen LogP contribution in [0.1, 0.15) is 13.8 Å². The van der Waals surface area contributed by atoms with Crippen molar-refractivity contribution in [1.82, 2.24) is 9.55 Å². The standard InChI is InChI=1S/C16H16N2OS/c1-11(2)8-18-10-17-15-14(16(18)19)13(9-20-15)12-6-4-3-5-7-12/h3-7,9-11H,8H2,1-2H3. The molecule has 0 aliphatic carbocycles. The maximum absolute atomic E-state index is 12.6. The number of nitrogens with zero attached hydrogens (tertiary/aromatic N) is 2. The van der Waals surface area contributed by atoms with Crippen LogP contribution in [0.25, 0.3) is 21.3 Å². The van der Waals surface area contributed by atoms with Gasteiger partial charge in [-0.1, -0.05) is 44.2 Å². The molecule has 0 bridgehead atoms. The molecule has 0 aliphatic heterocycles. The molecule has 20 heavy (non-hydrogen) atoms. The molecule has 2 heterocycles. The fourth-order valence-electron chi connectivity index (χ4n) is 2.32. The average molecular weight is 284 g/mol. The molecule has 0 spiro atoms. The van der Waals surface area contributed by atoms with Crippen LogP contribution in [0.4, 0.5) is 0 Å². The molecule has 0 saturated heterocycles. The Morgan fingerprint density at radius 3 is 2.70 bits per heavy atom. The van der Waals surface area contributed by atoms with Crippen molar-refractivity contribution in [2.75, 3.05) is 0 Å². The van der Waals surface area contributed by atoms with Gasteiger partial charge in [-0.05, 0) is 11.5 Å². The lowest BCUT2D eigenvalue weighted by Crippen LogP contribution is -2.22. The zero-order valence-electron chi connectivity index (χ0n) is 11.5. The molecular formula is C16H16N2OS. The summed E-state index contributed by atoms with van der Waals surface area (Å²) in [7, 11) is 0. The van der Waals surface area contributed by atoms with E-state index < -0.39 is 0 Å². The average Bonchev–Trinajstić information content (AvgIpc) is 2.87. The van der Waals surface area contributed by atoms with Gasteiger partial charge in [0.2, 0.25) is 0 Å². The van der Waals surface area contributed by atoms with E-state index in [4.69, 9.17) is 0 Å². The minimum atomic E-state index is 0.0591. The summed E-state index contributed by atoms with van der Waals surface area (Å²) in [4.78, 5) is 17.9. The largest absolute Gasteiger partial charge is 0.298 e. The smallest absolute Gasteiger partial charge is 0.262 e. The third-order valence-electron chi connectivity index (χ3n) is 3.21. The normalized spacial score (nSPS) is 11.3. The van der Waals surface area contributed by atoms with E-state index in [1.807, 2.05) is 35.7 Å². The van der Waals surface area contributed by atoms with E-state index in [0.717, 1.165) is 21.3 Å². The maximum Gasteiger partial charge on any atom is 0.262 e. The van der Waals surface area contributed by atoms with Crippen LogP contribution in [0.15, 0.2) is 46.8 Å². The number of aromatic nitrogens is 2. The Kier molecular flexibility index (Phi) is 3.40. The predicted molar refractivity (Wildman–Crippen MR) is 84.2 cm³/mol. The number of rotatable bonds is 3. The lowest BCUT2D eigenvalue weighted by Gasteiger charge is -2.08. The van der Waals surface area contributed by atoms with Gasteiger partial charge in [-0.25, -0.2) is 4.98 Å². The zero-order chi connectivity index (χ0) is 14.1. The summed E-state index contributed by atoms with van der Waals surface area (Å²) >= 11 is 1.53. The molecule has 1 aromatic carbocycles. The summed E-state index contributed by atoms with van der Waals surface area (Å²) in [5.74, 6) is 0.422. The van der Waals surface area contributed by atoms with Gasteiger partial charge in [0.1, 0.15) is 4.83 Å². The molecule has 2 aromatic heterocycles. The Morgan fingerprint density at radius 2 is 2.00 bits per heavy atom. The highest BCUT2D eigenvalue weighted by Crippen LogP contribution is 2.30. The summed E-state index contributed by atoms with van der Waals surface area (Å²) < 4.78 is 1.71. The molecule has 0 fully saturated rings. The molecule has 0 N–H and O–H groups in total. The van der Waals surface area contributed by atoms with E-state index in [2.05, 4.69) is 18.8 Å². The Bertz CT molecular complexity index is 787. The second-order valence-corrected chi connectivity index (χ2v) is 6.15. The van der Waals surface area contributed by atoms with Gasteiger partial charge < -0.3 is 0 Å². The van der Waals surface area contributed by atoms with Crippen LogP contribution in [0.2, 0.25) is 0 Å². The van der Waals surface area contributed by atoms with Crippen LogP contribution in [-0.4, -0.2) is 9.55 Å². The molecule has 3 nitrogen and oxygen atoms in total. The minimum absolute atomic E-state index is 0.0591. The molecule has 102 valence electrons. The van der Waals surface area contributed by atoms with E-state index in [-0.39, 0.29) is 5.56 Å². The Hall–Kier alpha value is -1.94. The van der Waals surface area contributed by atoms with Gasteiger partial charge in [-0.3, -0.25) is 9.36 Å². The fourth-order valence-corrected chi connectivity index (χ4v) is 3.23. The fraction of sp³-hybridized carbons (Fsp3) is 0.250. The molecule has 0 radical (unpaired) electrons. The first-order valence-corrected chi connectivity index (χ1v) is 7.57. The highest BCUT2D eigenvalue weighted by atomic mass is 32.1. The van der Waals surface area contributed by atoms with Crippen molar-refractivity contribution >= 4 is 21.6 Å². The lowest BCUT2D eigenvalue weighted by atomic mass is 10.1. The number of thiophene rings is 1. The molecule has 0 saturated carbocycles. The van der Waals surface area contributed by atoms with Gasteiger partial charge in [0, 0.05) is 17.5 Å². The predicted octanol–water partition coefficient (Wildman–Crippen LogP) is 3.78. The Balaban J connectivity index is 2.23. The number of benzene rings is 1. The second-order valence-electron chi connectivity index (χ2n) is 5.29. The number of fused-ring (bicyclic) bond motifs is 1. The molecule has 3 aromatic rings. The van der Waals surface area contributed by atoms with Crippen LogP contribution in [0.5, 0.6) is 0 Å². The van der Waals surface area contributed by atoms with E-state index in [1.165, 1.54) is 11.3 Å². The lowest BCUT2D eigenvalue weighted by molar-refractivity contribution is 0.508. The molecule has 4 heteroatoms. The van der Waals surface area contributed by atoms with Crippen molar-refractivity contribution in [2.24, 2.45) is 5.92 Å². The van der Waals surface area contributed by atoms with Gasteiger partial charge in [0.05, 0.1) is 11.7 Å². The molecular weight excluding hydrogens is 268 g/mol. The van der Waals surface area contributed by atoms with Crippen molar-refractivity contribution in [2.45, 2.75) is 20.4 Å². The SMILES string of the molecule is CC(C)Cn1cnc2scc(-c3ccccc3)c2c1=O. The summed E-state index contributed by atoms with van der Waals surface area (Å²) in [6, 6.07) is 10.0. The number of hydrogen-bond acceptors (Lipinski definition) is 3. The zero-order valence-corrected chi connectivity index (χ0v) is 12.4. The van der Waals surface area contributed by atoms with Gasteiger partial charge in [-0.2, -0.15) is 0 Å². The van der Waals surface area contributed by atoms with Gasteiger partial charge in [0.25, 0.3) is 5.56 Å². The van der Waals surface area contributed by atoms with Crippen molar-refractivity contribution in [3.63, 3.8) is 0 Å². The molecule has 3 rings (SSSR count). The first kappa shape index (κ1) is 13.1. The van der Waals surface area contributed by atoms with Gasteiger partial charge >= 0.3 is 0 Å². The first-order valence-electron chi connectivity index (χ1n) is 6.69. The Labute approximate surface area is 121 Å². The molecule has 0 aliphatic rings. The third kappa shape index (κ3) is 2.27. The van der Waals surface area contributed by atoms with Crippen molar-refractivity contribution < 1.29 is 0 Å². The second kappa shape index (κ2) is 5.21. The summed E-state index contributed by atoms with van der Waals surface area (Å²) in [6.45, 7) is 4.90. The van der Waals surface area contributed by atoms with Gasteiger partial charge in [-0.15, -0.1) is 11.3 Å². The van der Waals surface area contributed by atoms with Crippen LogP contribution in [0, 0.1) is 5.92 Å². The summed E-state index contributed by atoms with van der Waals surface area (Å²) in [6.07, 6.45) is 1.66. The van der Waals surface area contributed by atoms with E-state index >= 15 is 0 Å². The molecule has 0 amide bonds. The maximum atomic E-state index is 12.6. The van der Waals surface area contributed by atoms with Crippen LogP contribution >= 0.6 is 11.3 Å². The van der Waals surface area contributed by atoms with E-state index in [9.17, 15) is 4.79 Å². The van der Waals surface area contributed by atoms with Crippen molar-refractivity contribution in [3.05, 3.63) is 52.4 Å². The van der Waals surface area contributed by atoms with E-state index in [1.54, 1.807) is 10.9 Å². The van der Waals surface area contributed by atoms with Crippen LogP contribution in [0.3, 0.4) is 0 Å². The summed E-state index contributed by atoms with van der Waals surface area (Å²) in [5, 5.41) is 2.76. The Morgan fingerprint density at radius 1 is 1.25 bits per heavy atom. The van der Waals surface area contributed by atoms with E-state index in [0.29, 0.717) is 12.5 Å². The third-order valence-corrected chi connectivity index (χ3v) is 4.09. The molecule has 0 unspecified atom stereocenters. The summed E-state index contributed by atoms with van der Waals surface area (Å²) in [5.41, 5.74) is 2.12. The van der Waals surface area contributed by atoms with Gasteiger partial charge in [0.15, 0.2) is 0 Å². The first-order chi connectivity index (χ1) is 9.66. The minimum Gasteiger partial charge on any atom is -0.298 e. The quantitative estimate of drug-likeness (QED) is 0.733. The topological polar surface area (TPSA) is 34.9 Å². The van der Waals surface area contributed by atoms with Crippen LogP contribution in [-0.2, 0) is 6.54 Å². The molecule has 0 atom stereocenters. The highest BCUT2D eigenvalue weighted by Gasteiger charge is 2.13. The van der Waals surface area contributed by atoms with Crippen molar-refractivity contribution in [1.29, 1.82) is 0 Å². The number of hydrogen-bond donors (Lipinski definition) is 0. The highest BCUT2D eigenvalue weighted by molar-refractivity contribution is 7.17. The van der Waals surface area contributed by atoms with Crippen LogP contribution < -0.4 is 5.56 Å². The monoisotopic (exact) mass is 284 g/mol. The van der Waals surface area contributed by atoms with Crippen molar-refractivity contribution in [3.8, 4) is 11.1 Å².